The number of aliphatic carboxylic acids is 1. The number of hydrogen-bond donors (Lipinski definition) is 4. The van der Waals surface area contributed by atoms with Crippen molar-refractivity contribution in [3.05, 3.63) is 0 Å². The molecule has 2 atom stereocenters. The maximum absolute atomic E-state index is 11.7. The zero-order valence-corrected chi connectivity index (χ0v) is 12.6. The summed E-state index contributed by atoms with van der Waals surface area (Å²) in [6, 6.07) is -0.366. The molecule has 0 aliphatic heterocycles. The van der Waals surface area contributed by atoms with E-state index in [-0.39, 0.29) is 42.9 Å². The highest BCUT2D eigenvalue weighted by molar-refractivity contribution is 5.78. The summed E-state index contributed by atoms with van der Waals surface area (Å²) < 4.78 is 0. The van der Waals surface area contributed by atoms with E-state index in [0.29, 0.717) is 12.8 Å². The van der Waals surface area contributed by atoms with Crippen molar-refractivity contribution in [1.29, 1.82) is 0 Å². The monoisotopic (exact) mass is 299 g/mol. The summed E-state index contributed by atoms with van der Waals surface area (Å²) in [5, 5.41) is 17.1. The largest absolute Gasteiger partial charge is 0.481 e. The molecule has 7 nitrogen and oxygen atoms in total. The molecule has 4 N–H and O–H groups in total. The van der Waals surface area contributed by atoms with E-state index in [2.05, 4.69) is 16.0 Å². The highest BCUT2D eigenvalue weighted by Crippen LogP contribution is 2.24. The topological polar surface area (TPSA) is 108 Å². The average molecular weight is 299 g/mol. The molecular formula is C14H25N3O4. The number of nitrogens with one attached hydrogen (secondary N) is 3. The van der Waals surface area contributed by atoms with Gasteiger partial charge in [-0.2, -0.15) is 0 Å². The van der Waals surface area contributed by atoms with Crippen LogP contribution in [-0.2, 0) is 9.59 Å². The first kappa shape index (κ1) is 17.3. The van der Waals surface area contributed by atoms with Crippen LogP contribution < -0.4 is 16.0 Å². The molecule has 3 amide bonds. The van der Waals surface area contributed by atoms with Crippen molar-refractivity contribution >= 4 is 17.9 Å². The zero-order valence-electron chi connectivity index (χ0n) is 12.6. The second kappa shape index (κ2) is 8.49. The summed E-state index contributed by atoms with van der Waals surface area (Å²) in [7, 11) is 0. The van der Waals surface area contributed by atoms with Gasteiger partial charge in [-0.25, -0.2) is 4.79 Å². The molecule has 0 aromatic carbocycles. The van der Waals surface area contributed by atoms with E-state index < -0.39 is 5.97 Å². The third-order valence-electron chi connectivity index (χ3n) is 3.45. The van der Waals surface area contributed by atoms with Gasteiger partial charge in [0.15, 0.2) is 0 Å². The fourth-order valence-electron chi connectivity index (χ4n) is 2.47. The molecule has 21 heavy (non-hydrogen) atoms. The van der Waals surface area contributed by atoms with Crippen LogP contribution in [0.3, 0.4) is 0 Å². The summed E-state index contributed by atoms with van der Waals surface area (Å²) >= 11 is 0. The van der Waals surface area contributed by atoms with Crippen LogP contribution in [0.1, 0.15) is 46.0 Å². The number of hydrogen-bond acceptors (Lipinski definition) is 3. The summed E-state index contributed by atoms with van der Waals surface area (Å²) in [6.45, 7) is 4.01. The molecule has 0 saturated heterocycles. The smallest absolute Gasteiger partial charge is 0.315 e. The standard InChI is InChI=1S/C14H25N3O4/c1-9(2)16-12(18)6-7-15-14(21)17-11-5-3-4-10(8-11)13(19)20/h9-11H,3-8H2,1-2H3,(H,16,18)(H,19,20)(H2,15,17,21). The predicted molar refractivity (Wildman–Crippen MR) is 77.8 cm³/mol. The highest BCUT2D eigenvalue weighted by Gasteiger charge is 2.27. The minimum absolute atomic E-state index is 0.0847. The number of urea groups is 1. The number of carbonyl (C=O) groups is 3. The van der Waals surface area contributed by atoms with Crippen molar-refractivity contribution in [1.82, 2.24) is 16.0 Å². The minimum atomic E-state index is -0.799. The third-order valence-corrected chi connectivity index (χ3v) is 3.45. The van der Waals surface area contributed by atoms with Gasteiger partial charge in [0.1, 0.15) is 0 Å². The lowest BCUT2D eigenvalue weighted by Crippen LogP contribution is -2.45. The van der Waals surface area contributed by atoms with Gasteiger partial charge in [0.05, 0.1) is 5.92 Å². The van der Waals surface area contributed by atoms with Crippen LogP contribution in [0.4, 0.5) is 4.79 Å². The van der Waals surface area contributed by atoms with E-state index in [9.17, 15) is 14.4 Å². The molecule has 1 aliphatic rings. The van der Waals surface area contributed by atoms with Crippen molar-refractivity contribution in [2.45, 2.75) is 58.0 Å². The molecular weight excluding hydrogens is 274 g/mol. The van der Waals surface area contributed by atoms with E-state index in [4.69, 9.17) is 5.11 Å². The van der Waals surface area contributed by atoms with Crippen LogP contribution in [0.2, 0.25) is 0 Å². The molecule has 0 heterocycles. The maximum atomic E-state index is 11.7. The number of rotatable bonds is 6. The Labute approximate surface area is 124 Å². The van der Waals surface area contributed by atoms with E-state index in [1.54, 1.807) is 0 Å². The lowest BCUT2D eigenvalue weighted by atomic mass is 9.86. The van der Waals surface area contributed by atoms with Gasteiger partial charge in [0.2, 0.25) is 5.91 Å². The van der Waals surface area contributed by atoms with Gasteiger partial charge in [0.25, 0.3) is 0 Å². The summed E-state index contributed by atoms with van der Waals surface area (Å²) in [4.78, 5) is 34.0. The fourth-order valence-corrected chi connectivity index (χ4v) is 2.47. The maximum Gasteiger partial charge on any atom is 0.315 e. The Kier molecular flexibility index (Phi) is 6.98. The Morgan fingerprint density at radius 1 is 1.24 bits per heavy atom. The van der Waals surface area contributed by atoms with E-state index in [1.807, 2.05) is 13.8 Å². The Bertz CT molecular complexity index is 384. The van der Waals surface area contributed by atoms with Gasteiger partial charge >= 0.3 is 12.0 Å². The van der Waals surface area contributed by atoms with Crippen molar-refractivity contribution < 1.29 is 19.5 Å². The minimum Gasteiger partial charge on any atom is -0.481 e. The van der Waals surface area contributed by atoms with E-state index in [0.717, 1.165) is 12.8 Å². The van der Waals surface area contributed by atoms with E-state index >= 15 is 0 Å². The molecule has 7 heteroatoms. The van der Waals surface area contributed by atoms with Crippen LogP contribution in [0, 0.1) is 5.92 Å². The normalized spacial score (nSPS) is 21.7. The molecule has 0 bridgehead atoms. The summed E-state index contributed by atoms with van der Waals surface area (Å²) in [6.07, 6.45) is 2.97. The molecule has 0 aromatic rings. The first-order valence-corrected chi connectivity index (χ1v) is 7.45. The van der Waals surface area contributed by atoms with Crippen LogP contribution in [0.25, 0.3) is 0 Å². The second-order valence-corrected chi connectivity index (χ2v) is 5.77. The average Bonchev–Trinajstić information content (AvgIpc) is 2.37. The number of carboxylic acids is 1. The van der Waals surface area contributed by atoms with Crippen LogP contribution in [0.15, 0.2) is 0 Å². The highest BCUT2D eigenvalue weighted by atomic mass is 16.4. The SMILES string of the molecule is CC(C)NC(=O)CCNC(=O)NC1CCCC(C(=O)O)C1. The van der Waals surface area contributed by atoms with Crippen LogP contribution in [-0.4, -0.2) is 41.6 Å². The molecule has 0 spiro atoms. The van der Waals surface area contributed by atoms with Gasteiger partial charge in [-0.1, -0.05) is 6.42 Å². The van der Waals surface area contributed by atoms with Crippen LogP contribution in [0.5, 0.6) is 0 Å². The van der Waals surface area contributed by atoms with Crippen molar-refractivity contribution in [2.24, 2.45) is 5.92 Å². The first-order valence-electron chi connectivity index (χ1n) is 7.45. The molecule has 2 unspecified atom stereocenters. The zero-order chi connectivity index (χ0) is 15.8. The summed E-state index contributed by atoms with van der Waals surface area (Å²) in [5.74, 6) is -1.28. The van der Waals surface area contributed by atoms with Gasteiger partial charge < -0.3 is 21.1 Å². The number of amides is 3. The van der Waals surface area contributed by atoms with Crippen molar-refractivity contribution in [3.8, 4) is 0 Å². The molecule has 1 saturated carbocycles. The Morgan fingerprint density at radius 3 is 2.57 bits per heavy atom. The second-order valence-electron chi connectivity index (χ2n) is 5.77. The first-order chi connectivity index (χ1) is 9.88. The number of carboxylic acid groups (broad SMARTS) is 1. The Morgan fingerprint density at radius 2 is 1.95 bits per heavy atom. The molecule has 1 rings (SSSR count). The predicted octanol–water partition coefficient (Wildman–Crippen LogP) is 0.844. The van der Waals surface area contributed by atoms with Crippen molar-refractivity contribution in [3.63, 3.8) is 0 Å². The van der Waals surface area contributed by atoms with Crippen molar-refractivity contribution in [2.75, 3.05) is 6.54 Å². The molecule has 0 aromatic heterocycles. The van der Waals surface area contributed by atoms with Crippen LogP contribution >= 0.6 is 0 Å². The summed E-state index contributed by atoms with van der Waals surface area (Å²) in [5.41, 5.74) is 0. The van der Waals surface area contributed by atoms with Gasteiger partial charge in [-0.3, -0.25) is 9.59 Å². The van der Waals surface area contributed by atoms with E-state index in [1.165, 1.54) is 0 Å². The molecule has 1 aliphatic carbocycles. The quantitative estimate of drug-likeness (QED) is 0.583. The van der Waals surface area contributed by atoms with Gasteiger partial charge in [0, 0.05) is 25.0 Å². The fraction of sp³-hybridized carbons (Fsp3) is 0.786. The lowest BCUT2D eigenvalue weighted by Gasteiger charge is -2.27. The third kappa shape index (κ3) is 6.97. The molecule has 1 fully saturated rings. The van der Waals surface area contributed by atoms with Gasteiger partial charge in [-0.15, -0.1) is 0 Å². The Balaban J connectivity index is 2.21. The molecule has 0 radical (unpaired) electrons. The molecule has 120 valence electrons. The lowest BCUT2D eigenvalue weighted by molar-refractivity contribution is -0.143. The van der Waals surface area contributed by atoms with Gasteiger partial charge in [-0.05, 0) is 33.1 Å². The number of carbonyl (C=O) groups excluding carboxylic acids is 2. The Hall–Kier alpha value is -1.79.